The quantitative estimate of drug-likeness (QED) is 0.919. The molecule has 0 radical (unpaired) electrons. The molecule has 2 N–H and O–H groups in total. The zero-order valence-corrected chi connectivity index (χ0v) is 12.0. The standard InChI is InChI=1S/C15H21N5/c1-11-9-17-20(18-11)14-5-3-13(4-6-14)15-7-12(8-16)10-19(15)2/h3-6,9,12,15H,7-8,10,16H2,1-2H3. The molecule has 0 amide bonds. The minimum atomic E-state index is 0.477. The summed E-state index contributed by atoms with van der Waals surface area (Å²) < 4.78 is 0. The molecule has 1 aliphatic rings. The van der Waals surface area contributed by atoms with E-state index in [1.807, 2.05) is 6.92 Å². The number of aromatic nitrogens is 3. The van der Waals surface area contributed by atoms with Crippen molar-refractivity contribution in [2.75, 3.05) is 20.1 Å². The monoisotopic (exact) mass is 271 g/mol. The van der Waals surface area contributed by atoms with Crippen LogP contribution in [0.5, 0.6) is 0 Å². The van der Waals surface area contributed by atoms with Crippen LogP contribution in [0.2, 0.25) is 0 Å². The van der Waals surface area contributed by atoms with Crippen molar-refractivity contribution < 1.29 is 0 Å². The Morgan fingerprint density at radius 2 is 2.05 bits per heavy atom. The van der Waals surface area contributed by atoms with Crippen molar-refractivity contribution in [3.05, 3.63) is 41.7 Å². The fraction of sp³-hybridized carbons (Fsp3) is 0.467. The van der Waals surface area contributed by atoms with Gasteiger partial charge in [-0.1, -0.05) is 12.1 Å². The van der Waals surface area contributed by atoms with Gasteiger partial charge in [-0.05, 0) is 50.6 Å². The SMILES string of the molecule is Cc1cnn(-c2ccc(C3CC(CN)CN3C)cc2)n1. The molecule has 3 rings (SSSR count). The molecule has 1 fully saturated rings. The largest absolute Gasteiger partial charge is 0.330 e. The Balaban J connectivity index is 1.79. The second-order valence-corrected chi connectivity index (χ2v) is 5.66. The Morgan fingerprint density at radius 3 is 2.60 bits per heavy atom. The summed E-state index contributed by atoms with van der Waals surface area (Å²) in [6.07, 6.45) is 2.91. The van der Waals surface area contributed by atoms with Gasteiger partial charge in [-0.15, -0.1) is 0 Å². The summed E-state index contributed by atoms with van der Waals surface area (Å²) in [5.41, 5.74) is 9.06. The molecular weight excluding hydrogens is 250 g/mol. The maximum absolute atomic E-state index is 5.79. The number of likely N-dealkylation sites (tertiary alicyclic amines) is 1. The summed E-state index contributed by atoms with van der Waals surface area (Å²) in [7, 11) is 2.17. The molecule has 2 unspecified atom stereocenters. The van der Waals surface area contributed by atoms with Gasteiger partial charge in [0.05, 0.1) is 17.6 Å². The molecule has 0 saturated carbocycles. The highest BCUT2D eigenvalue weighted by molar-refractivity contribution is 5.34. The fourth-order valence-electron chi connectivity index (χ4n) is 2.96. The molecule has 0 spiro atoms. The molecule has 0 aliphatic carbocycles. The fourth-order valence-corrected chi connectivity index (χ4v) is 2.96. The molecule has 1 aromatic heterocycles. The number of benzene rings is 1. The van der Waals surface area contributed by atoms with Gasteiger partial charge in [-0.25, -0.2) is 0 Å². The van der Waals surface area contributed by atoms with Gasteiger partial charge in [0.1, 0.15) is 0 Å². The number of rotatable bonds is 3. The zero-order chi connectivity index (χ0) is 14.1. The zero-order valence-electron chi connectivity index (χ0n) is 12.0. The molecule has 1 aliphatic heterocycles. The Morgan fingerprint density at radius 1 is 1.30 bits per heavy atom. The summed E-state index contributed by atoms with van der Waals surface area (Å²) in [6.45, 7) is 3.80. The van der Waals surface area contributed by atoms with Crippen LogP contribution in [-0.2, 0) is 0 Å². The Hall–Kier alpha value is -1.72. The lowest BCUT2D eigenvalue weighted by Crippen LogP contribution is -2.20. The molecule has 2 heterocycles. The average Bonchev–Trinajstić information content (AvgIpc) is 3.05. The number of aryl methyl sites for hydroxylation is 1. The van der Waals surface area contributed by atoms with Gasteiger partial charge in [-0.2, -0.15) is 15.0 Å². The van der Waals surface area contributed by atoms with E-state index in [0.29, 0.717) is 12.0 Å². The Bertz CT molecular complexity index is 574. The summed E-state index contributed by atoms with van der Waals surface area (Å²) in [4.78, 5) is 4.06. The lowest BCUT2D eigenvalue weighted by molar-refractivity contribution is 0.313. The minimum Gasteiger partial charge on any atom is -0.330 e. The predicted molar refractivity (Wildman–Crippen MR) is 78.6 cm³/mol. The summed E-state index contributed by atoms with van der Waals surface area (Å²) in [5.74, 6) is 0.611. The highest BCUT2D eigenvalue weighted by atomic mass is 15.5. The molecule has 5 heteroatoms. The van der Waals surface area contributed by atoms with Crippen molar-refractivity contribution in [3.8, 4) is 5.69 Å². The maximum atomic E-state index is 5.79. The average molecular weight is 271 g/mol. The van der Waals surface area contributed by atoms with E-state index in [-0.39, 0.29) is 0 Å². The van der Waals surface area contributed by atoms with Crippen LogP contribution in [0.4, 0.5) is 0 Å². The van der Waals surface area contributed by atoms with Crippen LogP contribution in [0.3, 0.4) is 0 Å². The number of nitrogens with zero attached hydrogens (tertiary/aromatic N) is 4. The van der Waals surface area contributed by atoms with Crippen molar-refractivity contribution in [1.29, 1.82) is 0 Å². The van der Waals surface area contributed by atoms with Gasteiger partial charge >= 0.3 is 0 Å². The minimum absolute atomic E-state index is 0.477. The summed E-state index contributed by atoms with van der Waals surface area (Å²) in [6, 6.07) is 8.99. The van der Waals surface area contributed by atoms with Crippen molar-refractivity contribution in [2.45, 2.75) is 19.4 Å². The smallest absolute Gasteiger partial charge is 0.0856 e. The Kier molecular flexibility index (Phi) is 3.54. The second-order valence-electron chi connectivity index (χ2n) is 5.66. The van der Waals surface area contributed by atoms with Crippen LogP contribution in [0.15, 0.2) is 30.5 Å². The van der Waals surface area contributed by atoms with Crippen molar-refractivity contribution >= 4 is 0 Å². The summed E-state index contributed by atoms with van der Waals surface area (Å²) in [5, 5.41) is 8.56. The van der Waals surface area contributed by atoms with E-state index in [0.717, 1.165) is 30.9 Å². The van der Waals surface area contributed by atoms with E-state index < -0.39 is 0 Å². The van der Waals surface area contributed by atoms with Crippen LogP contribution in [0.1, 0.15) is 23.7 Å². The molecule has 106 valence electrons. The first kappa shape index (κ1) is 13.3. The highest BCUT2D eigenvalue weighted by Crippen LogP contribution is 2.33. The van der Waals surface area contributed by atoms with Crippen molar-refractivity contribution in [3.63, 3.8) is 0 Å². The van der Waals surface area contributed by atoms with E-state index in [1.165, 1.54) is 5.56 Å². The molecule has 1 saturated heterocycles. The van der Waals surface area contributed by atoms with E-state index in [2.05, 4.69) is 46.4 Å². The van der Waals surface area contributed by atoms with E-state index >= 15 is 0 Å². The second kappa shape index (κ2) is 5.34. The molecule has 1 aromatic carbocycles. The molecule has 20 heavy (non-hydrogen) atoms. The van der Waals surface area contributed by atoms with Gasteiger partial charge in [-0.3, -0.25) is 4.90 Å². The molecule has 5 nitrogen and oxygen atoms in total. The third kappa shape index (κ3) is 2.46. The van der Waals surface area contributed by atoms with Crippen molar-refractivity contribution in [2.24, 2.45) is 11.7 Å². The molecule has 2 atom stereocenters. The lowest BCUT2D eigenvalue weighted by atomic mass is 10.00. The van der Waals surface area contributed by atoms with Crippen LogP contribution in [0.25, 0.3) is 5.69 Å². The van der Waals surface area contributed by atoms with Gasteiger partial charge in [0.2, 0.25) is 0 Å². The third-order valence-electron chi connectivity index (χ3n) is 4.08. The van der Waals surface area contributed by atoms with E-state index in [1.54, 1.807) is 11.0 Å². The van der Waals surface area contributed by atoms with Gasteiger partial charge in [0, 0.05) is 12.6 Å². The van der Waals surface area contributed by atoms with Crippen LogP contribution >= 0.6 is 0 Å². The molecule has 2 aromatic rings. The van der Waals surface area contributed by atoms with Crippen LogP contribution < -0.4 is 5.73 Å². The van der Waals surface area contributed by atoms with E-state index in [9.17, 15) is 0 Å². The van der Waals surface area contributed by atoms with Crippen LogP contribution in [0, 0.1) is 12.8 Å². The maximum Gasteiger partial charge on any atom is 0.0856 e. The first-order chi connectivity index (χ1) is 9.67. The first-order valence-corrected chi connectivity index (χ1v) is 7.07. The number of hydrogen-bond acceptors (Lipinski definition) is 4. The third-order valence-corrected chi connectivity index (χ3v) is 4.08. The number of nitrogens with two attached hydrogens (primary N) is 1. The molecule has 0 bridgehead atoms. The topological polar surface area (TPSA) is 60.0 Å². The van der Waals surface area contributed by atoms with Gasteiger partial charge in [0.15, 0.2) is 0 Å². The number of hydrogen-bond donors (Lipinski definition) is 1. The van der Waals surface area contributed by atoms with Crippen molar-refractivity contribution in [1.82, 2.24) is 19.9 Å². The Labute approximate surface area is 119 Å². The van der Waals surface area contributed by atoms with E-state index in [4.69, 9.17) is 5.73 Å². The first-order valence-electron chi connectivity index (χ1n) is 7.07. The predicted octanol–water partition coefficient (Wildman–Crippen LogP) is 1.53. The van der Waals surface area contributed by atoms with Crippen LogP contribution in [-0.4, -0.2) is 40.0 Å². The normalized spacial score (nSPS) is 23.4. The molecular formula is C15H21N5. The van der Waals surface area contributed by atoms with Gasteiger partial charge in [0.25, 0.3) is 0 Å². The van der Waals surface area contributed by atoms with Gasteiger partial charge < -0.3 is 5.73 Å². The summed E-state index contributed by atoms with van der Waals surface area (Å²) >= 11 is 0. The lowest BCUT2D eigenvalue weighted by Gasteiger charge is -2.19. The highest BCUT2D eigenvalue weighted by Gasteiger charge is 2.29.